The number of Topliss-reactive ketones (excluding diaryl/α,β-unsaturated/α-hetero) is 2. The summed E-state index contributed by atoms with van der Waals surface area (Å²) in [6.07, 6.45) is 1.86. The monoisotopic (exact) mass is 1320 g/mol. The second-order valence-electron chi connectivity index (χ2n) is 17.6. The number of benzene rings is 4. The van der Waals surface area contributed by atoms with Gasteiger partial charge in [-0.1, -0.05) is 0 Å². The van der Waals surface area contributed by atoms with Gasteiger partial charge in [0, 0.05) is 74.9 Å². The topological polar surface area (TPSA) is 551 Å². The Morgan fingerprint density at radius 3 is 0.932 bits per heavy atom. The highest BCUT2D eigenvalue weighted by Gasteiger charge is 2.35. The van der Waals surface area contributed by atoms with Gasteiger partial charge in [-0.05, 0) is 121 Å². The van der Waals surface area contributed by atoms with Gasteiger partial charge in [0.2, 0.25) is 11.6 Å². The van der Waals surface area contributed by atoms with E-state index in [0.29, 0.717) is 52.4 Å². The van der Waals surface area contributed by atoms with Crippen molar-refractivity contribution in [1.82, 2.24) is 21.3 Å². The van der Waals surface area contributed by atoms with Crippen LogP contribution in [-0.4, -0.2) is 227 Å². The predicted octanol–water partition coefficient (Wildman–Crippen LogP) is -1.53. The van der Waals surface area contributed by atoms with Gasteiger partial charge >= 0.3 is 6.03 Å². The Bertz CT molecular complexity index is 3320. The molecule has 0 saturated heterocycles. The maximum atomic E-state index is 13.4. The number of urea groups is 1. The molecule has 20 N–H and O–H groups in total. The summed E-state index contributed by atoms with van der Waals surface area (Å²) in [5.41, 5.74) is 3.96. The van der Waals surface area contributed by atoms with Crippen LogP contribution < -0.4 is 42.8 Å². The van der Waals surface area contributed by atoms with Crippen LogP contribution >= 0.6 is 0 Å². The van der Waals surface area contributed by atoms with E-state index in [1.165, 1.54) is 62.4 Å². The highest BCUT2D eigenvalue weighted by Crippen LogP contribution is 2.31. The summed E-state index contributed by atoms with van der Waals surface area (Å²) in [6, 6.07) is 13.2. The predicted molar refractivity (Wildman–Crippen MR) is 326 cm³/mol. The molecular weight excluding hydrogens is 1250 g/mol. The second kappa shape index (κ2) is 38.5. The number of carbonyl (C=O) groups excluding carboxylic acids is 3. The van der Waals surface area contributed by atoms with Gasteiger partial charge in [0.15, 0.2) is 11.4 Å². The number of aliphatic hydroxyl groups excluding tert-OH is 8. The normalized spacial score (nSPS) is 13.8. The molecule has 488 valence electrons. The van der Waals surface area contributed by atoms with E-state index in [0.717, 1.165) is 36.4 Å². The Balaban J connectivity index is 0.000000777. The number of nitrogens with zero attached hydrogens (tertiary/aromatic N) is 2. The molecule has 0 unspecified atom stereocenters. The summed E-state index contributed by atoms with van der Waals surface area (Å²) < 4.78 is 134. The SMILES string of the molecule is Cc1cc(S(=O)(=O)O)ccc1N/N=C1/C(=O)c2ccc(NC(=O)Nc3ccc4c(c3)C=C(S(=O)(=O)O)/C(=N\Nc3ccc(S(=O)(=O)O)cc3C)C4=O)cc2C=C1S(=O)(=O)O.OCCNCCO.OCCNCCO.OCCNCCO.OCCNCCO. The minimum atomic E-state index is -5.08. The van der Waals surface area contributed by atoms with Crippen LogP contribution in [0.3, 0.4) is 0 Å². The van der Waals surface area contributed by atoms with Crippen LogP contribution in [0.25, 0.3) is 12.2 Å². The van der Waals surface area contributed by atoms with Gasteiger partial charge in [0.25, 0.3) is 40.5 Å². The van der Waals surface area contributed by atoms with E-state index in [2.05, 4.69) is 53.0 Å². The third kappa shape index (κ3) is 26.4. The first-order chi connectivity index (χ1) is 41.5. The van der Waals surface area contributed by atoms with Crippen molar-refractivity contribution in [2.24, 2.45) is 10.2 Å². The molecule has 6 rings (SSSR count). The number of hydrogen-bond acceptors (Lipinski definition) is 27. The lowest BCUT2D eigenvalue weighted by atomic mass is 9.94. The van der Waals surface area contributed by atoms with Gasteiger partial charge in [-0.3, -0.25) is 38.7 Å². The Kier molecular flexibility index (Phi) is 33.7. The summed E-state index contributed by atoms with van der Waals surface area (Å²) in [6.45, 7) is 8.56. The zero-order valence-corrected chi connectivity index (χ0v) is 50.5. The highest BCUT2D eigenvalue weighted by molar-refractivity contribution is 7.91. The number of hydrazone groups is 2. The molecule has 0 heterocycles. The molecule has 0 aliphatic heterocycles. The van der Waals surface area contributed by atoms with Crippen molar-refractivity contribution >= 4 is 104 Å². The van der Waals surface area contributed by atoms with Crippen LogP contribution in [0.2, 0.25) is 0 Å². The lowest BCUT2D eigenvalue weighted by Gasteiger charge is -2.18. The molecule has 2 aliphatic rings. The third-order valence-electron chi connectivity index (χ3n) is 11.0. The summed E-state index contributed by atoms with van der Waals surface area (Å²) in [5.74, 6) is -1.91. The first-order valence-electron chi connectivity index (χ1n) is 25.9. The standard InChI is InChI=1S/C35H28N6O15S4.4C4H11NO2/c1-17-11-23(57(45,46)47)5-9-27(17)38-40-31-29(59(51,52)53)15-19-13-21(3-7-25(19)33(31)42)36-35(44)37-22-4-8-26-20(14-22)16-30(60(54,55)56)32(34(26)43)41-39-28-10-6-24(12-18(28)2)58(48,49)50;4*6-3-1-5-2-4-7/h3-16,38-39H,1-2H3,(H2,36,37,44)(H,45,46,47)(H,48,49,50)(H,51,52,53)(H,54,55,56);4*5-7H,1-4H2/b40-31+,41-32+;;;;. The van der Waals surface area contributed by atoms with Crippen molar-refractivity contribution in [2.75, 3.05) is 127 Å². The molecule has 2 amide bonds. The van der Waals surface area contributed by atoms with Crippen LogP contribution in [0.1, 0.15) is 43.0 Å². The second-order valence-corrected chi connectivity index (χ2v) is 23.3. The maximum Gasteiger partial charge on any atom is 0.323 e. The zero-order chi connectivity index (χ0) is 66.3. The summed E-state index contributed by atoms with van der Waals surface area (Å²) >= 11 is 0. The third-order valence-corrected chi connectivity index (χ3v) is 14.4. The summed E-state index contributed by atoms with van der Waals surface area (Å²) in [7, 11) is -19.2. The smallest absolute Gasteiger partial charge is 0.323 e. The van der Waals surface area contributed by atoms with Crippen molar-refractivity contribution in [3.63, 3.8) is 0 Å². The summed E-state index contributed by atoms with van der Waals surface area (Å²) in [4.78, 5) is 37.2. The van der Waals surface area contributed by atoms with E-state index in [1.54, 1.807) is 0 Å². The number of nitrogens with one attached hydrogen (secondary N) is 8. The van der Waals surface area contributed by atoms with Gasteiger partial charge in [-0.2, -0.15) is 43.9 Å². The molecule has 33 nitrogen and oxygen atoms in total. The molecule has 37 heteroatoms. The van der Waals surface area contributed by atoms with Crippen LogP contribution in [0, 0.1) is 13.8 Å². The number of ketones is 2. The molecule has 0 saturated carbocycles. The Morgan fingerprint density at radius 1 is 0.409 bits per heavy atom. The lowest BCUT2D eigenvalue weighted by molar-refractivity contribution is 0.105. The van der Waals surface area contributed by atoms with E-state index in [1.807, 2.05) is 0 Å². The number of anilines is 4. The fraction of sp³-hybridized carbons (Fsp3) is 0.353. The first kappa shape index (κ1) is 77.2. The van der Waals surface area contributed by atoms with E-state index >= 15 is 0 Å². The largest absolute Gasteiger partial charge is 0.395 e. The molecule has 4 aromatic rings. The number of hydrogen-bond donors (Lipinski definition) is 20. The van der Waals surface area contributed by atoms with Crippen molar-refractivity contribution in [1.29, 1.82) is 0 Å². The number of carbonyl (C=O) groups is 3. The van der Waals surface area contributed by atoms with Crippen LogP contribution in [-0.2, 0) is 40.5 Å². The molecular formula is C51H72N10O23S4. The maximum absolute atomic E-state index is 13.4. The van der Waals surface area contributed by atoms with E-state index in [9.17, 15) is 66.3 Å². The molecule has 0 spiro atoms. The summed E-state index contributed by atoms with van der Waals surface area (Å²) in [5, 5.41) is 89.0. The number of aliphatic hydroxyl groups is 8. The van der Waals surface area contributed by atoms with E-state index < -0.39 is 89.1 Å². The van der Waals surface area contributed by atoms with Crippen LogP contribution in [0.15, 0.2) is 103 Å². The number of rotatable bonds is 26. The van der Waals surface area contributed by atoms with E-state index in [-0.39, 0.29) is 109 Å². The molecule has 0 fully saturated rings. The lowest BCUT2D eigenvalue weighted by Crippen LogP contribution is -2.27. The molecule has 0 atom stereocenters. The number of aryl methyl sites for hydroxylation is 2. The van der Waals surface area contributed by atoms with Gasteiger partial charge in [0.05, 0.1) is 74.0 Å². The minimum Gasteiger partial charge on any atom is -0.395 e. The molecule has 4 aromatic carbocycles. The van der Waals surface area contributed by atoms with Crippen molar-refractivity contribution in [3.05, 3.63) is 116 Å². The number of allylic oxidation sites excluding steroid dienone is 2. The van der Waals surface area contributed by atoms with Gasteiger partial charge in [-0.15, -0.1) is 0 Å². The average Bonchev–Trinajstić information content (AvgIpc) is 0.944. The number of amides is 2. The Labute approximate surface area is 507 Å². The fourth-order valence-electron chi connectivity index (χ4n) is 6.94. The van der Waals surface area contributed by atoms with Crippen molar-refractivity contribution < 1.29 is 107 Å². The molecule has 0 bridgehead atoms. The Morgan fingerprint density at radius 2 is 0.693 bits per heavy atom. The highest BCUT2D eigenvalue weighted by atomic mass is 32.2. The van der Waals surface area contributed by atoms with E-state index in [4.69, 9.17) is 40.9 Å². The first-order valence-corrected chi connectivity index (χ1v) is 31.6. The molecule has 2 aliphatic carbocycles. The van der Waals surface area contributed by atoms with Gasteiger partial charge in [-0.25, -0.2) is 4.79 Å². The fourth-order valence-corrected chi connectivity index (χ4v) is 9.39. The van der Waals surface area contributed by atoms with Crippen LogP contribution in [0.4, 0.5) is 27.5 Å². The van der Waals surface area contributed by atoms with Gasteiger partial charge < -0.3 is 72.8 Å². The van der Waals surface area contributed by atoms with Crippen LogP contribution in [0.5, 0.6) is 0 Å². The molecule has 88 heavy (non-hydrogen) atoms. The van der Waals surface area contributed by atoms with Crippen molar-refractivity contribution in [2.45, 2.75) is 23.6 Å². The molecule has 0 aromatic heterocycles. The molecule has 0 radical (unpaired) electrons. The van der Waals surface area contributed by atoms with Crippen molar-refractivity contribution in [3.8, 4) is 0 Å². The quantitative estimate of drug-likeness (QED) is 0.0193. The zero-order valence-electron chi connectivity index (χ0n) is 47.3. The minimum absolute atomic E-state index is 0.0240. The average molecular weight is 1320 g/mol. The number of fused-ring (bicyclic) bond motifs is 2. The Hall–Kier alpha value is -6.93. The van der Waals surface area contributed by atoms with Gasteiger partial charge in [0.1, 0.15) is 9.81 Å².